The highest BCUT2D eigenvalue weighted by atomic mass is 16.5. The number of carbonyl (C=O) groups is 1. The molecule has 1 atom stereocenters. The molecular weight excluding hydrogens is 192 g/mol. The van der Waals surface area contributed by atoms with Gasteiger partial charge in [-0.1, -0.05) is 0 Å². The molecule has 0 bridgehead atoms. The lowest BCUT2D eigenvalue weighted by Crippen LogP contribution is -2.42. The summed E-state index contributed by atoms with van der Waals surface area (Å²) in [6.45, 7) is 5.90. The largest absolute Gasteiger partial charge is 0.380 e. The summed E-state index contributed by atoms with van der Waals surface area (Å²) in [5.41, 5.74) is 0. The van der Waals surface area contributed by atoms with Gasteiger partial charge >= 0.3 is 0 Å². The number of ether oxygens (including phenoxy) is 1. The molecule has 0 aliphatic carbocycles. The third-order valence-electron chi connectivity index (χ3n) is 2.80. The fourth-order valence-electron chi connectivity index (χ4n) is 1.83. The predicted octanol–water partition coefficient (Wildman–Crippen LogP) is 0.481. The fraction of sp³-hybridized carbons (Fsp3) is 0.909. The SMILES string of the molecule is CCOCCN(C)C(=O)[C@H]1CCCNC1. The molecule has 0 saturated carbocycles. The van der Waals surface area contributed by atoms with Gasteiger partial charge in [-0.05, 0) is 26.3 Å². The van der Waals surface area contributed by atoms with E-state index >= 15 is 0 Å². The smallest absolute Gasteiger partial charge is 0.226 e. The minimum Gasteiger partial charge on any atom is -0.380 e. The lowest BCUT2D eigenvalue weighted by molar-refractivity contribution is -0.135. The molecule has 1 fully saturated rings. The maximum absolute atomic E-state index is 11.9. The van der Waals surface area contributed by atoms with Crippen LogP contribution in [0, 0.1) is 5.92 Å². The molecular formula is C11H22N2O2. The lowest BCUT2D eigenvalue weighted by atomic mass is 9.98. The first-order chi connectivity index (χ1) is 7.25. The van der Waals surface area contributed by atoms with E-state index in [-0.39, 0.29) is 11.8 Å². The summed E-state index contributed by atoms with van der Waals surface area (Å²) in [7, 11) is 1.86. The Morgan fingerprint density at radius 2 is 2.40 bits per heavy atom. The van der Waals surface area contributed by atoms with Crippen molar-refractivity contribution in [3.63, 3.8) is 0 Å². The molecule has 1 saturated heterocycles. The van der Waals surface area contributed by atoms with Crippen molar-refractivity contribution in [3.8, 4) is 0 Å². The highest BCUT2D eigenvalue weighted by Gasteiger charge is 2.23. The zero-order valence-corrected chi connectivity index (χ0v) is 9.79. The van der Waals surface area contributed by atoms with E-state index in [1.54, 1.807) is 4.90 Å². The lowest BCUT2D eigenvalue weighted by Gasteiger charge is -2.26. The van der Waals surface area contributed by atoms with Crippen LogP contribution < -0.4 is 5.32 Å². The van der Waals surface area contributed by atoms with Gasteiger partial charge in [-0.25, -0.2) is 0 Å². The summed E-state index contributed by atoms with van der Waals surface area (Å²) in [6.07, 6.45) is 2.13. The summed E-state index contributed by atoms with van der Waals surface area (Å²) >= 11 is 0. The number of rotatable bonds is 5. The molecule has 0 aromatic rings. The number of hydrogen-bond acceptors (Lipinski definition) is 3. The standard InChI is InChI=1S/C11H22N2O2/c1-3-15-8-7-13(2)11(14)10-5-4-6-12-9-10/h10,12H,3-9H2,1-2H3/t10-/m0/s1. The Labute approximate surface area is 92.0 Å². The van der Waals surface area contributed by atoms with E-state index in [1.165, 1.54) is 0 Å². The van der Waals surface area contributed by atoms with Gasteiger partial charge in [0.2, 0.25) is 5.91 Å². The average Bonchev–Trinajstić information content (AvgIpc) is 2.29. The Balaban J connectivity index is 2.24. The van der Waals surface area contributed by atoms with Gasteiger partial charge < -0.3 is 15.0 Å². The summed E-state index contributed by atoms with van der Waals surface area (Å²) in [5, 5.41) is 3.26. The monoisotopic (exact) mass is 214 g/mol. The molecule has 1 heterocycles. The summed E-state index contributed by atoms with van der Waals surface area (Å²) in [4.78, 5) is 13.7. The van der Waals surface area contributed by atoms with E-state index in [0.29, 0.717) is 19.8 Å². The van der Waals surface area contributed by atoms with Crippen LogP contribution in [0.25, 0.3) is 0 Å². The van der Waals surface area contributed by atoms with Crippen molar-refractivity contribution in [2.45, 2.75) is 19.8 Å². The normalized spacial score (nSPS) is 21.3. The summed E-state index contributed by atoms with van der Waals surface area (Å²) in [6, 6.07) is 0. The second kappa shape index (κ2) is 6.80. The van der Waals surface area contributed by atoms with Crippen LogP contribution in [0.2, 0.25) is 0 Å². The van der Waals surface area contributed by atoms with Crippen molar-refractivity contribution >= 4 is 5.91 Å². The van der Waals surface area contributed by atoms with E-state index in [0.717, 1.165) is 25.9 Å². The van der Waals surface area contributed by atoms with Crippen LogP contribution >= 0.6 is 0 Å². The Hall–Kier alpha value is -0.610. The van der Waals surface area contributed by atoms with Crippen LogP contribution in [0.4, 0.5) is 0 Å². The van der Waals surface area contributed by atoms with Gasteiger partial charge in [-0.3, -0.25) is 4.79 Å². The van der Waals surface area contributed by atoms with Crippen molar-refractivity contribution < 1.29 is 9.53 Å². The van der Waals surface area contributed by atoms with Gasteiger partial charge in [0.05, 0.1) is 12.5 Å². The molecule has 1 amide bonds. The Kier molecular flexibility index (Phi) is 5.65. The number of nitrogens with zero attached hydrogens (tertiary/aromatic N) is 1. The molecule has 4 nitrogen and oxygen atoms in total. The molecule has 0 radical (unpaired) electrons. The van der Waals surface area contributed by atoms with Gasteiger partial charge in [0.15, 0.2) is 0 Å². The van der Waals surface area contributed by atoms with Gasteiger partial charge in [-0.2, -0.15) is 0 Å². The number of amides is 1. The van der Waals surface area contributed by atoms with Crippen LogP contribution in [-0.4, -0.2) is 50.7 Å². The fourth-order valence-corrected chi connectivity index (χ4v) is 1.83. The van der Waals surface area contributed by atoms with Crippen LogP contribution in [0.15, 0.2) is 0 Å². The van der Waals surface area contributed by atoms with E-state index in [9.17, 15) is 4.79 Å². The molecule has 4 heteroatoms. The van der Waals surface area contributed by atoms with Crippen LogP contribution in [0.5, 0.6) is 0 Å². The number of nitrogens with one attached hydrogen (secondary N) is 1. The van der Waals surface area contributed by atoms with Crippen LogP contribution in [0.3, 0.4) is 0 Å². The van der Waals surface area contributed by atoms with Crippen LogP contribution in [-0.2, 0) is 9.53 Å². The predicted molar refractivity (Wildman–Crippen MR) is 59.7 cm³/mol. The first kappa shape index (κ1) is 12.5. The third kappa shape index (κ3) is 4.18. The molecule has 0 aromatic heterocycles. The van der Waals surface area contributed by atoms with E-state index in [2.05, 4.69) is 5.32 Å². The molecule has 1 N–H and O–H groups in total. The number of hydrogen-bond donors (Lipinski definition) is 1. The molecule has 0 aromatic carbocycles. The van der Waals surface area contributed by atoms with Crippen molar-refractivity contribution in [3.05, 3.63) is 0 Å². The zero-order chi connectivity index (χ0) is 11.1. The van der Waals surface area contributed by atoms with Crippen molar-refractivity contribution in [1.82, 2.24) is 10.2 Å². The molecule has 1 aliphatic heterocycles. The first-order valence-corrected chi connectivity index (χ1v) is 5.79. The Morgan fingerprint density at radius 3 is 3.00 bits per heavy atom. The maximum atomic E-state index is 11.9. The second-order valence-electron chi connectivity index (χ2n) is 4.00. The van der Waals surface area contributed by atoms with Gasteiger partial charge in [0, 0.05) is 26.7 Å². The molecule has 15 heavy (non-hydrogen) atoms. The van der Waals surface area contributed by atoms with E-state index in [1.807, 2.05) is 14.0 Å². The van der Waals surface area contributed by atoms with Gasteiger partial charge in [0.25, 0.3) is 0 Å². The molecule has 1 aliphatic rings. The Morgan fingerprint density at radius 1 is 1.60 bits per heavy atom. The first-order valence-electron chi connectivity index (χ1n) is 5.79. The quantitative estimate of drug-likeness (QED) is 0.677. The van der Waals surface area contributed by atoms with E-state index < -0.39 is 0 Å². The van der Waals surface area contributed by atoms with Crippen LogP contribution in [0.1, 0.15) is 19.8 Å². The minimum absolute atomic E-state index is 0.172. The number of carbonyl (C=O) groups excluding carboxylic acids is 1. The topological polar surface area (TPSA) is 41.6 Å². The van der Waals surface area contributed by atoms with E-state index in [4.69, 9.17) is 4.74 Å². The summed E-state index contributed by atoms with van der Waals surface area (Å²) < 4.78 is 5.23. The number of likely N-dealkylation sites (N-methyl/N-ethyl adjacent to an activating group) is 1. The third-order valence-corrected chi connectivity index (χ3v) is 2.80. The summed E-state index contributed by atoms with van der Waals surface area (Å²) in [5.74, 6) is 0.423. The second-order valence-corrected chi connectivity index (χ2v) is 4.00. The zero-order valence-electron chi connectivity index (χ0n) is 9.79. The highest BCUT2D eigenvalue weighted by Crippen LogP contribution is 2.12. The van der Waals surface area contributed by atoms with Gasteiger partial charge in [0.1, 0.15) is 0 Å². The molecule has 0 unspecified atom stereocenters. The Bertz CT molecular complexity index is 191. The molecule has 0 spiro atoms. The van der Waals surface area contributed by atoms with Gasteiger partial charge in [-0.15, -0.1) is 0 Å². The van der Waals surface area contributed by atoms with Crippen molar-refractivity contribution in [2.24, 2.45) is 5.92 Å². The maximum Gasteiger partial charge on any atom is 0.226 e. The molecule has 88 valence electrons. The molecule has 1 rings (SSSR count). The number of piperidine rings is 1. The average molecular weight is 214 g/mol. The van der Waals surface area contributed by atoms with Crippen molar-refractivity contribution in [2.75, 3.05) is 39.9 Å². The highest BCUT2D eigenvalue weighted by molar-refractivity contribution is 5.78. The van der Waals surface area contributed by atoms with Crippen molar-refractivity contribution in [1.29, 1.82) is 0 Å². The minimum atomic E-state index is 0.172.